The van der Waals surface area contributed by atoms with Crippen LogP contribution in [0.15, 0.2) is 18.2 Å². The number of rotatable bonds is 17. The maximum Gasteiger partial charge on any atom is 0.514 e. The lowest BCUT2D eigenvalue weighted by Crippen LogP contribution is -2.37. The van der Waals surface area contributed by atoms with E-state index >= 15 is 0 Å². The minimum Gasteiger partial charge on any atom is -0.458 e. The van der Waals surface area contributed by atoms with Gasteiger partial charge in [-0.15, -0.1) is 0 Å². The largest absolute Gasteiger partial charge is 0.514 e. The molecular weight excluding hydrogens is 550 g/mol. The van der Waals surface area contributed by atoms with E-state index in [2.05, 4.69) is 0 Å². The van der Waals surface area contributed by atoms with Crippen molar-refractivity contribution in [1.29, 1.82) is 0 Å². The van der Waals surface area contributed by atoms with Crippen LogP contribution in [-0.4, -0.2) is 62.0 Å². The summed E-state index contributed by atoms with van der Waals surface area (Å²) in [7, 11) is 0. The molecule has 0 saturated heterocycles. The van der Waals surface area contributed by atoms with Crippen molar-refractivity contribution in [3.05, 3.63) is 23.8 Å². The molecule has 12 nitrogen and oxygen atoms in total. The molecule has 0 bridgehead atoms. The summed E-state index contributed by atoms with van der Waals surface area (Å²) < 4.78 is 36.4. The number of hydrogen-bond donors (Lipinski definition) is 1. The Morgan fingerprint density at radius 1 is 0.714 bits per heavy atom. The van der Waals surface area contributed by atoms with Crippen LogP contribution in [0.1, 0.15) is 86.1 Å². The van der Waals surface area contributed by atoms with Crippen LogP contribution in [0.2, 0.25) is 0 Å². The summed E-state index contributed by atoms with van der Waals surface area (Å²) in [6.45, 7) is 12.9. The first-order valence-electron chi connectivity index (χ1n) is 14.5. The van der Waals surface area contributed by atoms with E-state index in [0.717, 1.165) is 19.3 Å². The summed E-state index contributed by atoms with van der Waals surface area (Å²) in [6, 6.07) is 3.28. The van der Waals surface area contributed by atoms with Crippen molar-refractivity contribution in [2.45, 2.75) is 111 Å². The van der Waals surface area contributed by atoms with Crippen LogP contribution >= 0.6 is 0 Å². The maximum absolute atomic E-state index is 12.6. The van der Waals surface area contributed by atoms with Gasteiger partial charge in [-0.25, -0.2) is 14.4 Å². The standard InChI is InChI=1S/C30H47NO11/c1-8-11-20(5)39-29(34)41-25-14-13-23(16-26(25)42-30(35)40-21(6)12-9-2)15-24(31)27(32)38-22(7)18-37-28(33)36-17-19(4)10-3/h13-14,16,19-22,24H,8-12,15,17-18,31H2,1-7H3/t19?,20?,21?,22-,24-/m0/s1. The molecule has 1 aromatic rings. The van der Waals surface area contributed by atoms with Crippen LogP contribution in [0.5, 0.6) is 11.5 Å². The molecule has 238 valence electrons. The van der Waals surface area contributed by atoms with Crippen molar-refractivity contribution in [2.24, 2.45) is 11.7 Å². The van der Waals surface area contributed by atoms with Crippen molar-refractivity contribution < 1.29 is 52.3 Å². The fourth-order valence-electron chi connectivity index (χ4n) is 3.54. The Morgan fingerprint density at radius 2 is 1.26 bits per heavy atom. The second-order valence-corrected chi connectivity index (χ2v) is 10.4. The van der Waals surface area contributed by atoms with E-state index in [1.54, 1.807) is 26.8 Å². The van der Waals surface area contributed by atoms with Crippen LogP contribution in [0.4, 0.5) is 14.4 Å². The molecule has 0 saturated carbocycles. The smallest absolute Gasteiger partial charge is 0.458 e. The zero-order valence-corrected chi connectivity index (χ0v) is 25.8. The van der Waals surface area contributed by atoms with Crippen molar-refractivity contribution in [1.82, 2.24) is 0 Å². The lowest BCUT2D eigenvalue weighted by atomic mass is 10.1. The third kappa shape index (κ3) is 14.9. The summed E-state index contributed by atoms with van der Waals surface area (Å²) in [4.78, 5) is 49.0. The molecule has 0 heterocycles. The molecule has 0 radical (unpaired) electrons. The molecule has 1 aromatic carbocycles. The van der Waals surface area contributed by atoms with Crippen molar-refractivity contribution in [2.75, 3.05) is 13.2 Å². The first-order valence-corrected chi connectivity index (χ1v) is 14.5. The number of carbonyl (C=O) groups is 4. The second-order valence-electron chi connectivity index (χ2n) is 10.4. The number of hydrogen-bond acceptors (Lipinski definition) is 12. The molecule has 0 spiro atoms. The summed E-state index contributed by atoms with van der Waals surface area (Å²) >= 11 is 0. The molecule has 42 heavy (non-hydrogen) atoms. The summed E-state index contributed by atoms with van der Waals surface area (Å²) in [6.07, 6.45) is -0.523. The monoisotopic (exact) mass is 597 g/mol. The van der Waals surface area contributed by atoms with Gasteiger partial charge in [-0.2, -0.15) is 0 Å². The first-order chi connectivity index (χ1) is 19.9. The van der Waals surface area contributed by atoms with Gasteiger partial charge in [0.05, 0.1) is 6.61 Å². The minimum absolute atomic E-state index is 0.000730. The highest BCUT2D eigenvalue weighted by molar-refractivity contribution is 5.76. The van der Waals surface area contributed by atoms with E-state index in [1.165, 1.54) is 12.1 Å². The third-order valence-corrected chi connectivity index (χ3v) is 6.07. The van der Waals surface area contributed by atoms with Gasteiger partial charge in [-0.05, 0) is 63.6 Å². The van der Waals surface area contributed by atoms with Gasteiger partial charge in [-0.3, -0.25) is 4.79 Å². The molecule has 0 amide bonds. The third-order valence-electron chi connectivity index (χ3n) is 6.07. The van der Waals surface area contributed by atoms with E-state index < -0.39 is 36.6 Å². The van der Waals surface area contributed by atoms with Gasteiger partial charge in [0.1, 0.15) is 31.0 Å². The van der Waals surface area contributed by atoms with Crippen LogP contribution in [-0.2, 0) is 34.9 Å². The number of benzene rings is 1. The maximum atomic E-state index is 12.6. The first kappa shape index (κ1) is 36.5. The Bertz CT molecular complexity index is 999. The van der Waals surface area contributed by atoms with Gasteiger partial charge in [0.2, 0.25) is 0 Å². The van der Waals surface area contributed by atoms with Crippen LogP contribution in [0.3, 0.4) is 0 Å². The highest BCUT2D eigenvalue weighted by Gasteiger charge is 2.23. The lowest BCUT2D eigenvalue weighted by Gasteiger charge is -2.18. The van der Waals surface area contributed by atoms with Gasteiger partial charge in [0, 0.05) is 0 Å². The summed E-state index contributed by atoms with van der Waals surface area (Å²) in [5.41, 5.74) is 6.55. The van der Waals surface area contributed by atoms with Gasteiger partial charge in [-0.1, -0.05) is 53.0 Å². The van der Waals surface area contributed by atoms with E-state index in [9.17, 15) is 19.2 Å². The van der Waals surface area contributed by atoms with Crippen LogP contribution in [0, 0.1) is 5.92 Å². The van der Waals surface area contributed by atoms with Gasteiger partial charge >= 0.3 is 24.4 Å². The molecule has 3 unspecified atom stereocenters. The van der Waals surface area contributed by atoms with Crippen molar-refractivity contribution in [3.8, 4) is 11.5 Å². The Kier molecular flexibility index (Phi) is 17.0. The number of ether oxygens (including phenoxy) is 7. The Morgan fingerprint density at radius 3 is 1.81 bits per heavy atom. The van der Waals surface area contributed by atoms with E-state index in [0.29, 0.717) is 18.4 Å². The van der Waals surface area contributed by atoms with Crippen molar-refractivity contribution >= 4 is 24.4 Å². The fourth-order valence-corrected chi connectivity index (χ4v) is 3.54. The predicted octanol–water partition coefficient (Wildman–Crippen LogP) is 6.10. The second kappa shape index (κ2) is 19.6. The molecule has 5 atom stereocenters. The molecule has 1 rings (SSSR count). The molecule has 2 N–H and O–H groups in total. The Labute approximate surface area is 248 Å². The number of nitrogens with two attached hydrogens (primary N) is 1. The topological polar surface area (TPSA) is 159 Å². The molecule has 0 aliphatic rings. The normalized spacial score (nSPS) is 14.4. The lowest BCUT2D eigenvalue weighted by molar-refractivity contribution is -0.152. The summed E-state index contributed by atoms with van der Waals surface area (Å²) in [5, 5.41) is 0. The zero-order valence-electron chi connectivity index (χ0n) is 25.8. The quantitative estimate of drug-likeness (QED) is 0.125. The minimum atomic E-state index is -1.10. The Hall–Kier alpha value is -3.54. The van der Waals surface area contributed by atoms with E-state index in [1.807, 2.05) is 27.7 Å². The predicted molar refractivity (Wildman–Crippen MR) is 153 cm³/mol. The SMILES string of the molecule is CCCC(C)OC(=O)Oc1ccc(C[C@H](N)C(=O)O[C@@H](C)COC(=O)OCC(C)CC)cc1OC(=O)OC(C)CCC. The van der Waals surface area contributed by atoms with Crippen molar-refractivity contribution in [3.63, 3.8) is 0 Å². The Balaban J connectivity index is 2.86. The molecule has 0 fully saturated rings. The summed E-state index contributed by atoms with van der Waals surface area (Å²) in [5.74, 6) is -0.715. The fraction of sp³-hybridized carbons (Fsp3) is 0.667. The molecule has 0 aliphatic heterocycles. The number of esters is 1. The van der Waals surface area contributed by atoms with Gasteiger partial charge in [0.25, 0.3) is 0 Å². The molecule has 12 heteroatoms. The molecule has 0 aliphatic carbocycles. The van der Waals surface area contributed by atoms with E-state index in [-0.39, 0.29) is 49.3 Å². The number of carbonyl (C=O) groups excluding carboxylic acids is 4. The van der Waals surface area contributed by atoms with Gasteiger partial charge in [0.15, 0.2) is 11.5 Å². The highest BCUT2D eigenvalue weighted by Crippen LogP contribution is 2.30. The highest BCUT2D eigenvalue weighted by atomic mass is 16.8. The van der Waals surface area contributed by atoms with Crippen LogP contribution < -0.4 is 15.2 Å². The van der Waals surface area contributed by atoms with E-state index in [4.69, 9.17) is 38.9 Å². The molecular formula is C30H47NO11. The molecule has 0 aromatic heterocycles. The zero-order chi connectivity index (χ0) is 31.7. The average molecular weight is 598 g/mol. The van der Waals surface area contributed by atoms with Gasteiger partial charge < -0.3 is 38.9 Å². The van der Waals surface area contributed by atoms with Crippen LogP contribution in [0.25, 0.3) is 0 Å². The average Bonchev–Trinajstić information content (AvgIpc) is 2.91.